The highest BCUT2D eigenvalue weighted by Gasteiger charge is 2.14. The second-order valence-electron chi connectivity index (χ2n) is 4.92. The second kappa shape index (κ2) is 7.61. The van der Waals surface area contributed by atoms with Crippen molar-refractivity contribution in [2.75, 3.05) is 27.2 Å². The molecule has 108 valence electrons. The minimum absolute atomic E-state index is 0.00694. The van der Waals surface area contributed by atoms with Gasteiger partial charge in [0.25, 0.3) is 0 Å². The predicted molar refractivity (Wildman–Crippen MR) is 75.4 cm³/mol. The van der Waals surface area contributed by atoms with E-state index in [0.29, 0.717) is 17.7 Å². The Morgan fingerprint density at radius 3 is 2.60 bits per heavy atom. The summed E-state index contributed by atoms with van der Waals surface area (Å²) in [7, 11) is 3.41. The molecule has 0 N–H and O–H groups in total. The number of hydrogen-bond donors (Lipinski definition) is 0. The van der Waals surface area contributed by atoms with E-state index in [1.54, 1.807) is 26.2 Å². The molecule has 0 aliphatic carbocycles. The Morgan fingerprint density at radius 2 is 2.10 bits per heavy atom. The third-order valence-electron chi connectivity index (χ3n) is 2.97. The van der Waals surface area contributed by atoms with E-state index in [9.17, 15) is 9.18 Å². The molecule has 5 heteroatoms. The molecule has 0 aliphatic heterocycles. The van der Waals surface area contributed by atoms with Gasteiger partial charge in [0.1, 0.15) is 5.82 Å². The molecule has 1 aromatic carbocycles. The first kappa shape index (κ1) is 16.1. The monoisotopic (exact) mass is 277 g/mol. The molecular weight excluding hydrogens is 257 g/mol. The van der Waals surface area contributed by atoms with E-state index in [2.05, 4.69) is 0 Å². The van der Waals surface area contributed by atoms with E-state index in [1.807, 2.05) is 17.9 Å². The van der Waals surface area contributed by atoms with Crippen LogP contribution in [-0.4, -0.2) is 42.9 Å². The van der Waals surface area contributed by atoms with Crippen LogP contribution in [0.5, 0.6) is 0 Å². The number of halogens is 1. The lowest BCUT2D eigenvalue weighted by Crippen LogP contribution is -2.36. The molecule has 0 saturated heterocycles. The van der Waals surface area contributed by atoms with Gasteiger partial charge in [-0.15, -0.1) is 0 Å². The highest BCUT2D eigenvalue weighted by Crippen LogP contribution is 2.13. The van der Waals surface area contributed by atoms with Crippen LogP contribution in [0.15, 0.2) is 18.2 Å². The summed E-state index contributed by atoms with van der Waals surface area (Å²) in [6, 6.07) is 6.34. The van der Waals surface area contributed by atoms with Crippen LogP contribution in [0.3, 0.4) is 0 Å². The Kier molecular flexibility index (Phi) is 6.13. The lowest BCUT2D eigenvalue weighted by molar-refractivity contribution is -0.130. The van der Waals surface area contributed by atoms with Crippen LogP contribution < -0.4 is 0 Å². The Balaban J connectivity index is 2.80. The van der Waals surface area contributed by atoms with Gasteiger partial charge in [0.2, 0.25) is 5.91 Å². The van der Waals surface area contributed by atoms with Crippen molar-refractivity contribution in [1.82, 2.24) is 9.80 Å². The van der Waals surface area contributed by atoms with Crippen LogP contribution in [0.1, 0.15) is 24.5 Å². The number of carbonyl (C=O) groups is 1. The second-order valence-corrected chi connectivity index (χ2v) is 4.92. The fourth-order valence-electron chi connectivity index (χ4n) is 1.85. The first-order chi connectivity index (χ1) is 9.47. The molecule has 0 spiro atoms. The highest BCUT2D eigenvalue weighted by atomic mass is 19.1. The lowest BCUT2D eigenvalue weighted by atomic mass is 10.1. The molecule has 4 nitrogen and oxygen atoms in total. The molecule has 1 rings (SSSR count). The van der Waals surface area contributed by atoms with Gasteiger partial charge in [-0.25, -0.2) is 4.39 Å². The molecule has 0 unspecified atom stereocenters. The number of amides is 1. The minimum Gasteiger partial charge on any atom is -0.348 e. The molecule has 0 aliphatic rings. The largest absolute Gasteiger partial charge is 0.348 e. The molecule has 0 aromatic heterocycles. The molecule has 0 fully saturated rings. The summed E-state index contributed by atoms with van der Waals surface area (Å²) in [5.74, 6) is -0.407. The Morgan fingerprint density at radius 1 is 1.40 bits per heavy atom. The SMILES string of the molecule is CCCN(CC(=O)N(C)C)Cc1ccc(C#N)cc1F. The predicted octanol–water partition coefficient (Wildman–Crippen LogP) is 2.00. The van der Waals surface area contributed by atoms with Crippen molar-refractivity contribution in [3.63, 3.8) is 0 Å². The summed E-state index contributed by atoms with van der Waals surface area (Å²) >= 11 is 0. The number of nitriles is 1. The lowest BCUT2D eigenvalue weighted by Gasteiger charge is -2.23. The third-order valence-corrected chi connectivity index (χ3v) is 2.97. The van der Waals surface area contributed by atoms with E-state index in [1.165, 1.54) is 11.0 Å². The van der Waals surface area contributed by atoms with E-state index in [-0.39, 0.29) is 12.5 Å². The van der Waals surface area contributed by atoms with Crippen molar-refractivity contribution in [2.45, 2.75) is 19.9 Å². The van der Waals surface area contributed by atoms with Crippen molar-refractivity contribution < 1.29 is 9.18 Å². The Hall–Kier alpha value is -1.93. The topological polar surface area (TPSA) is 47.3 Å². The normalized spacial score (nSPS) is 10.4. The standard InChI is InChI=1S/C15H20FN3O/c1-4-7-19(11-15(20)18(2)3)10-13-6-5-12(9-17)8-14(13)16/h5-6,8H,4,7,10-11H2,1-3H3. The Labute approximate surface area is 119 Å². The molecular formula is C15H20FN3O. The number of nitrogens with zero attached hydrogens (tertiary/aromatic N) is 3. The first-order valence-corrected chi connectivity index (χ1v) is 6.59. The molecule has 0 radical (unpaired) electrons. The van der Waals surface area contributed by atoms with Gasteiger partial charge in [-0.3, -0.25) is 9.69 Å². The van der Waals surface area contributed by atoms with Crippen molar-refractivity contribution in [2.24, 2.45) is 0 Å². The van der Waals surface area contributed by atoms with Crippen molar-refractivity contribution >= 4 is 5.91 Å². The van der Waals surface area contributed by atoms with Crippen LogP contribution in [0.2, 0.25) is 0 Å². The van der Waals surface area contributed by atoms with Gasteiger partial charge >= 0.3 is 0 Å². The van der Waals surface area contributed by atoms with E-state index in [4.69, 9.17) is 5.26 Å². The maximum Gasteiger partial charge on any atom is 0.236 e. The number of hydrogen-bond acceptors (Lipinski definition) is 3. The van der Waals surface area contributed by atoms with E-state index >= 15 is 0 Å². The van der Waals surface area contributed by atoms with Gasteiger partial charge < -0.3 is 4.90 Å². The fourth-order valence-corrected chi connectivity index (χ4v) is 1.85. The van der Waals surface area contributed by atoms with Crippen LogP contribution in [0, 0.1) is 17.1 Å². The maximum atomic E-state index is 13.9. The summed E-state index contributed by atoms with van der Waals surface area (Å²) in [5.41, 5.74) is 0.807. The van der Waals surface area contributed by atoms with Crippen LogP contribution in [0.25, 0.3) is 0 Å². The number of carbonyl (C=O) groups excluding carboxylic acids is 1. The molecule has 1 amide bonds. The smallest absolute Gasteiger partial charge is 0.236 e. The van der Waals surface area contributed by atoms with Crippen molar-refractivity contribution in [3.05, 3.63) is 35.1 Å². The summed E-state index contributed by atoms with van der Waals surface area (Å²) in [6.45, 7) is 3.37. The van der Waals surface area contributed by atoms with E-state index in [0.717, 1.165) is 13.0 Å². The average molecular weight is 277 g/mol. The molecule has 0 bridgehead atoms. The maximum absolute atomic E-state index is 13.9. The third kappa shape index (κ3) is 4.63. The van der Waals surface area contributed by atoms with Gasteiger partial charge in [-0.05, 0) is 25.1 Å². The fraction of sp³-hybridized carbons (Fsp3) is 0.467. The van der Waals surface area contributed by atoms with Gasteiger partial charge in [-0.1, -0.05) is 13.0 Å². The van der Waals surface area contributed by atoms with Crippen LogP contribution in [-0.2, 0) is 11.3 Å². The van der Waals surface area contributed by atoms with Gasteiger partial charge in [0, 0.05) is 26.2 Å². The number of benzene rings is 1. The number of rotatable bonds is 6. The van der Waals surface area contributed by atoms with E-state index < -0.39 is 5.82 Å². The summed E-state index contributed by atoms with van der Waals surface area (Å²) < 4.78 is 13.9. The zero-order valence-corrected chi connectivity index (χ0v) is 12.2. The van der Waals surface area contributed by atoms with Crippen LogP contribution >= 0.6 is 0 Å². The quantitative estimate of drug-likeness (QED) is 0.799. The van der Waals surface area contributed by atoms with Crippen molar-refractivity contribution in [1.29, 1.82) is 5.26 Å². The molecule has 20 heavy (non-hydrogen) atoms. The van der Waals surface area contributed by atoms with Gasteiger partial charge in [0.15, 0.2) is 0 Å². The molecule has 0 saturated carbocycles. The zero-order chi connectivity index (χ0) is 15.1. The van der Waals surface area contributed by atoms with Crippen molar-refractivity contribution in [3.8, 4) is 6.07 Å². The summed E-state index contributed by atoms with van der Waals surface area (Å²) in [5, 5.41) is 8.72. The highest BCUT2D eigenvalue weighted by molar-refractivity contribution is 5.77. The number of likely N-dealkylation sites (N-methyl/N-ethyl adjacent to an activating group) is 1. The summed E-state index contributed by atoms with van der Waals surface area (Å²) in [4.78, 5) is 15.2. The minimum atomic E-state index is -0.401. The van der Waals surface area contributed by atoms with Crippen LogP contribution in [0.4, 0.5) is 4.39 Å². The first-order valence-electron chi connectivity index (χ1n) is 6.59. The molecule has 0 heterocycles. The van der Waals surface area contributed by atoms with Gasteiger partial charge in [-0.2, -0.15) is 5.26 Å². The average Bonchev–Trinajstić information content (AvgIpc) is 2.41. The zero-order valence-electron chi connectivity index (χ0n) is 12.2. The summed E-state index contributed by atoms with van der Waals surface area (Å²) in [6.07, 6.45) is 0.888. The molecule has 1 aromatic rings. The van der Waals surface area contributed by atoms with Gasteiger partial charge in [0.05, 0.1) is 18.2 Å². The molecule has 0 atom stereocenters. The Bertz CT molecular complexity index is 508.